The Hall–Kier alpha value is 0.766. The molecule has 0 aromatic heterocycles. The molecule has 0 aliphatic heterocycles. The van der Waals surface area contributed by atoms with Crippen molar-refractivity contribution in [2.24, 2.45) is 0 Å². The zero-order valence-corrected chi connectivity index (χ0v) is 8.10. The molecule has 0 spiro atoms. The highest BCUT2D eigenvalue weighted by molar-refractivity contribution is 6.39. The first kappa shape index (κ1) is 7.87. The van der Waals surface area contributed by atoms with Crippen LogP contribution in [0, 0.1) is 0 Å². The average molecular weight is 137 g/mol. The largest absolute Gasteiger partial charge is 0.372 e. The van der Waals surface area contributed by atoms with Crippen LogP contribution in [0.2, 0.25) is 8.09 Å². The Morgan fingerprint density at radius 2 is 1.78 bits per heavy atom. The highest BCUT2D eigenvalue weighted by Gasteiger charge is 2.18. The molecule has 0 aromatic rings. The minimum absolute atomic E-state index is 0.323. The van der Waals surface area contributed by atoms with E-state index in [0.29, 0.717) is 20.4 Å². The van der Waals surface area contributed by atoms with Crippen molar-refractivity contribution in [1.82, 2.24) is 0 Å². The highest BCUT2D eigenvalue weighted by atomic mass is 24.5. The number of hydrogen-bond donors (Lipinski definition) is 0. The van der Waals surface area contributed by atoms with Crippen LogP contribution in [0.25, 0.3) is 0 Å². The molecule has 1 saturated carbocycles. The van der Waals surface area contributed by atoms with Gasteiger partial charge in [0.2, 0.25) is 0 Å². The number of hydrogen-bond acceptors (Lipinski definition) is 0. The molecular weight excluding hydrogens is 120 g/mol. The Bertz CT molecular complexity index is 72.6. The van der Waals surface area contributed by atoms with E-state index in [1.165, 1.54) is 16.9 Å². The molecule has 0 aromatic carbocycles. The summed E-state index contributed by atoms with van der Waals surface area (Å²) in [7, 11) is 0. The van der Waals surface area contributed by atoms with Crippen molar-refractivity contribution in [3.63, 3.8) is 0 Å². The summed E-state index contributed by atoms with van der Waals surface area (Å²) in [5, 5.41) is 0. The van der Waals surface area contributed by atoms with Gasteiger partial charge in [0.15, 0.2) is 0 Å². The Labute approximate surface area is 68.1 Å². The zero-order chi connectivity index (χ0) is 6.69. The van der Waals surface area contributed by atoms with Gasteiger partial charge in [0, 0.05) is 0 Å². The summed E-state index contributed by atoms with van der Waals surface area (Å²) < 4.78 is 2.29. The van der Waals surface area contributed by atoms with Crippen LogP contribution in [0.4, 0.5) is 0 Å². The molecule has 0 amide bonds. The molecular formula is C8H16Mg. The molecule has 0 radical (unpaired) electrons. The summed E-state index contributed by atoms with van der Waals surface area (Å²) in [6.07, 6.45) is 6.21. The van der Waals surface area contributed by atoms with Crippen LogP contribution in [-0.4, -0.2) is 20.4 Å². The Kier molecular flexibility index (Phi) is 3.34. The van der Waals surface area contributed by atoms with Crippen molar-refractivity contribution in [2.75, 3.05) is 0 Å². The second-order valence-electron chi connectivity index (χ2n) is 3.78. The van der Waals surface area contributed by atoms with Crippen LogP contribution in [0.1, 0.15) is 39.5 Å². The lowest BCUT2D eigenvalue weighted by Gasteiger charge is -2.07. The van der Waals surface area contributed by atoms with Crippen molar-refractivity contribution in [1.29, 1.82) is 0 Å². The number of rotatable bonds is 2. The minimum Gasteiger partial charge on any atom is -0.140 e. The first-order valence-electron chi connectivity index (χ1n) is 4.29. The SMILES string of the molecule is C[CH](C)[Mg][CH]1CCCC1. The maximum atomic E-state index is 2.39. The van der Waals surface area contributed by atoms with E-state index < -0.39 is 0 Å². The Morgan fingerprint density at radius 1 is 1.22 bits per heavy atom. The molecule has 1 heteroatoms. The summed E-state index contributed by atoms with van der Waals surface area (Å²) >= 11 is 0.323. The first-order chi connectivity index (χ1) is 4.29. The molecule has 0 atom stereocenters. The van der Waals surface area contributed by atoms with Crippen molar-refractivity contribution >= 4 is 20.4 Å². The molecule has 0 unspecified atom stereocenters. The van der Waals surface area contributed by atoms with Crippen molar-refractivity contribution in [2.45, 2.75) is 47.6 Å². The van der Waals surface area contributed by atoms with Gasteiger partial charge < -0.3 is 0 Å². The summed E-state index contributed by atoms with van der Waals surface area (Å²) in [5.41, 5.74) is 0. The summed E-state index contributed by atoms with van der Waals surface area (Å²) in [4.78, 5) is 0. The van der Waals surface area contributed by atoms with Crippen LogP contribution in [-0.2, 0) is 0 Å². The van der Waals surface area contributed by atoms with Gasteiger partial charge >= 0.3 is 20.4 Å². The van der Waals surface area contributed by atoms with Gasteiger partial charge in [-0.2, -0.15) is 0 Å². The standard InChI is InChI=1S/C5H9.C3H7.Mg/c1-2-4-5-3-1;1-3-2;/h1H,2-5H2;3H,1-2H3;. The fourth-order valence-electron chi connectivity index (χ4n) is 1.91. The monoisotopic (exact) mass is 136 g/mol. The fraction of sp³-hybridized carbons (Fsp3) is 1.00. The van der Waals surface area contributed by atoms with Crippen molar-refractivity contribution in [3.05, 3.63) is 0 Å². The van der Waals surface area contributed by atoms with Gasteiger partial charge in [0.25, 0.3) is 0 Å². The summed E-state index contributed by atoms with van der Waals surface area (Å²) in [6.45, 7) is 4.79. The van der Waals surface area contributed by atoms with Crippen LogP contribution in [0.15, 0.2) is 0 Å². The van der Waals surface area contributed by atoms with E-state index in [1.807, 2.05) is 0 Å². The molecule has 9 heavy (non-hydrogen) atoms. The topological polar surface area (TPSA) is 0 Å². The van der Waals surface area contributed by atoms with Gasteiger partial charge in [-0.05, 0) is 0 Å². The van der Waals surface area contributed by atoms with E-state index in [4.69, 9.17) is 0 Å². The predicted molar refractivity (Wildman–Crippen MR) is 43.1 cm³/mol. The average Bonchev–Trinajstić information content (AvgIpc) is 2.15. The molecule has 0 heterocycles. The third-order valence-electron chi connectivity index (χ3n) is 2.28. The predicted octanol–water partition coefficient (Wildman–Crippen LogP) is 2.88. The lowest BCUT2D eigenvalue weighted by molar-refractivity contribution is 0.842. The molecule has 1 aliphatic carbocycles. The van der Waals surface area contributed by atoms with Crippen LogP contribution in [0.3, 0.4) is 0 Å². The Morgan fingerprint density at radius 3 is 2.22 bits per heavy atom. The second kappa shape index (κ2) is 3.82. The van der Waals surface area contributed by atoms with E-state index in [2.05, 4.69) is 13.8 Å². The second-order valence-corrected chi connectivity index (χ2v) is 7.04. The smallest absolute Gasteiger partial charge is 0.140 e. The van der Waals surface area contributed by atoms with E-state index in [9.17, 15) is 0 Å². The summed E-state index contributed by atoms with van der Waals surface area (Å²) in [6, 6.07) is 0. The molecule has 1 rings (SSSR count). The zero-order valence-electron chi connectivity index (χ0n) is 6.69. The molecule has 0 nitrogen and oxygen atoms in total. The van der Waals surface area contributed by atoms with E-state index in [0.717, 1.165) is 4.05 Å². The van der Waals surface area contributed by atoms with E-state index in [-0.39, 0.29) is 0 Å². The molecule has 1 aliphatic rings. The van der Waals surface area contributed by atoms with Gasteiger partial charge in [-0.15, -0.1) is 8.09 Å². The van der Waals surface area contributed by atoms with Gasteiger partial charge in [0.1, 0.15) is 0 Å². The van der Waals surface area contributed by atoms with Crippen LogP contribution >= 0.6 is 0 Å². The van der Waals surface area contributed by atoms with E-state index in [1.54, 1.807) is 12.8 Å². The van der Waals surface area contributed by atoms with E-state index >= 15 is 0 Å². The van der Waals surface area contributed by atoms with Crippen LogP contribution < -0.4 is 0 Å². The molecule has 0 bridgehead atoms. The quantitative estimate of drug-likeness (QED) is 0.512. The van der Waals surface area contributed by atoms with Gasteiger partial charge in [0.05, 0.1) is 0 Å². The molecule has 0 saturated heterocycles. The fourth-order valence-corrected chi connectivity index (χ4v) is 4.29. The Balaban J connectivity index is 2.11. The van der Waals surface area contributed by atoms with Crippen LogP contribution in [0.5, 0.6) is 0 Å². The van der Waals surface area contributed by atoms with Gasteiger partial charge in [-0.3, -0.25) is 0 Å². The lowest BCUT2D eigenvalue weighted by atomic mass is 10.4. The molecule has 50 valence electrons. The van der Waals surface area contributed by atoms with Gasteiger partial charge in [-0.1, -0.05) is 39.5 Å². The maximum Gasteiger partial charge on any atom is 0.372 e. The van der Waals surface area contributed by atoms with Crippen molar-refractivity contribution in [3.8, 4) is 0 Å². The maximum absolute atomic E-state index is 2.39. The first-order valence-corrected chi connectivity index (χ1v) is 5.92. The van der Waals surface area contributed by atoms with Crippen molar-refractivity contribution < 1.29 is 0 Å². The molecule has 1 fully saturated rings. The third-order valence-corrected chi connectivity index (χ3v) is 4.71. The highest BCUT2D eigenvalue weighted by Crippen LogP contribution is 2.31. The minimum atomic E-state index is 0.323. The normalized spacial score (nSPS) is 20.8. The van der Waals surface area contributed by atoms with Gasteiger partial charge in [-0.25, -0.2) is 0 Å². The third kappa shape index (κ3) is 2.90. The summed E-state index contributed by atoms with van der Waals surface area (Å²) in [5.74, 6) is 0. The molecule has 0 N–H and O–H groups in total. The lowest BCUT2D eigenvalue weighted by Crippen LogP contribution is -2.02.